The van der Waals surface area contributed by atoms with Gasteiger partial charge in [0.1, 0.15) is 6.04 Å². The summed E-state index contributed by atoms with van der Waals surface area (Å²) in [5.74, 6) is -0.228. The van der Waals surface area contributed by atoms with E-state index < -0.39 is 0 Å². The maximum Gasteiger partial charge on any atom is 0.228 e. The summed E-state index contributed by atoms with van der Waals surface area (Å²) in [6.45, 7) is 5.00. The Morgan fingerprint density at radius 3 is 2.42 bits per heavy atom. The number of hydrogen-bond donors (Lipinski definition) is 0. The highest BCUT2D eigenvalue weighted by Gasteiger charge is 2.38. The Hall–Kier alpha value is -3.17. The lowest BCUT2D eigenvalue weighted by Crippen LogP contribution is -2.51. The number of nitrogens with zero attached hydrogens (tertiary/aromatic N) is 4. The highest BCUT2D eigenvalue weighted by Crippen LogP contribution is 2.30. The van der Waals surface area contributed by atoms with Crippen LogP contribution in [-0.4, -0.2) is 54.3 Å². The third-order valence-corrected chi connectivity index (χ3v) is 6.37. The average molecular weight is 417 g/mol. The highest BCUT2D eigenvalue weighted by molar-refractivity contribution is 6.00. The zero-order valence-electron chi connectivity index (χ0n) is 17.9. The predicted molar refractivity (Wildman–Crippen MR) is 119 cm³/mol. The topological polar surface area (TPSA) is 67.7 Å². The summed E-state index contributed by atoms with van der Waals surface area (Å²) in [6.07, 6.45) is 1.12. The van der Waals surface area contributed by atoms with Gasteiger partial charge in [0.05, 0.1) is 12.0 Å². The molecular formula is C25H28N4O2. The van der Waals surface area contributed by atoms with Gasteiger partial charge < -0.3 is 9.80 Å². The molecule has 2 aromatic rings. The number of para-hydroxylation sites is 1. The van der Waals surface area contributed by atoms with Crippen molar-refractivity contribution in [3.8, 4) is 6.07 Å². The van der Waals surface area contributed by atoms with Crippen molar-refractivity contribution in [1.82, 2.24) is 9.80 Å². The van der Waals surface area contributed by atoms with Crippen molar-refractivity contribution in [2.45, 2.75) is 25.8 Å². The number of amides is 2. The van der Waals surface area contributed by atoms with Crippen molar-refractivity contribution >= 4 is 17.5 Å². The SMILES string of the molecule is CCc1ccccc1N1CC(C(=O)N2CCN(C(C#N)c3ccccc3)CC2)CC1=O. The standard InChI is InChI=1S/C25H28N4O2/c1-2-19-8-6-7-11-22(19)29-18-21(16-24(29)30)25(31)28-14-12-27(13-15-28)23(17-26)20-9-4-3-5-10-20/h3-11,21,23H,2,12-16,18H2,1H3. The van der Waals surface area contributed by atoms with Crippen LogP contribution in [0.5, 0.6) is 0 Å². The molecule has 0 saturated carbocycles. The van der Waals surface area contributed by atoms with E-state index in [4.69, 9.17) is 0 Å². The van der Waals surface area contributed by atoms with E-state index in [9.17, 15) is 14.9 Å². The molecule has 0 N–H and O–H groups in total. The lowest BCUT2D eigenvalue weighted by Gasteiger charge is -2.38. The monoisotopic (exact) mass is 416 g/mol. The number of carbonyl (C=O) groups excluding carboxylic acids is 2. The van der Waals surface area contributed by atoms with Crippen LogP contribution in [0.2, 0.25) is 0 Å². The molecule has 4 rings (SSSR count). The van der Waals surface area contributed by atoms with Crippen LogP contribution >= 0.6 is 0 Å². The van der Waals surface area contributed by atoms with Gasteiger partial charge in [0, 0.05) is 44.8 Å². The van der Waals surface area contributed by atoms with E-state index in [1.165, 1.54) is 0 Å². The zero-order valence-corrected chi connectivity index (χ0v) is 17.9. The summed E-state index contributed by atoms with van der Waals surface area (Å²) in [5.41, 5.74) is 3.03. The maximum absolute atomic E-state index is 13.2. The first kappa shape index (κ1) is 21.1. The molecule has 2 fully saturated rings. The molecule has 2 aliphatic rings. The second kappa shape index (κ2) is 9.32. The second-order valence-corrected chi connectivity index (χ2v) is 8.19. The van der Waals surface area contributed by atoms with Crippen molar-refractivity contribution in [3.05, 3.63) is 65.7 Å². The zero-order chi connectivity index (χ0) is 21.8. The molecule has 0 bridgehead atoms. The van der Waals surface area contributed by atoms with Gasteiger partial charge in [-0.15, -0.1) is 0 Å². The number of hydrogen-bond acceptors (Lipinski definition) is 4. The third-order valence-electron chi connectivity index (χ3n) is 6.37. The van der Waals surface area contributed by atoms with E-state index in [2.05, 4.69) is 17.9 Å². The average Bonchev–Trinajstić information content (AvgIpc) is 3.21. The summed E-state index contributed by atoms with van der Waals surface area (Å²) in [4.78, 5) is 31.6. The lowest BCUT2D eigenvalue weighted by atomic mass is 10.0. The Balaban J connectivity index is 1.38. The smallest absolute Gasteiger partial charge is 0.228 e. The van der Waals surface area contributed by atoms with E-state index in [1.54, 1.807) is 4.90 Å². The third kappa shape index (κ3) is 4.33. The molecular weight excluding hydrogens is 388 g/mol. The van der Waals surface area contributed by atoms with E-state index in [0.717, 1.165) is 23.2 Å². The first-order valence-electron chi connectivity index (χ1n) is 11.0. The molecule has 0 spiro atoms. The molecule has 2 heterocycles. The number of benzene rings is 2. The van der Waals surface area contributed by atoms with Gasteiger partial charge in [-0.1, -0.05) is 55.5 Å². The molecule has 2 atom stereocenters. The Labute approximate surface area is 183 Å². The fourth-order valence-electron chi connectivity index (χ4n) is 4.64. The number of nitriles is 1. The molecule has 0 aromatic heterocycles. The summed E-state index contributed by atoms with van der Waals surface area (Å²) in [5, 5.41) is 9.67. The summed E-state index contributed by atoms with van der Waals surface area (Å²) in [6, 6.07) is 19.8. The van der Waals surface area contributed by atoms with Crippen LogP contribution in [0.15, 0.2) is 54.6 Å². The molecule has 0 radical (unpaired) electrons. The Morgan fingerprint density at radius 2 is 1.74 bits per heavy atom. The number of piperazine rings is 1. The molecule has 31 heavy (non-hydrogen) atoms. The van der Waals surface area contributed by atoms with Crippen molar-refractivity contribution in [3.63, 3.8) is 0 Å². The summed E-state index contributed by atoms with van der Waals surface area (Å²) < 4.78 is 0. The first-order chi connectivity index (χ1) is 15.1. The molecule has 0 aliphatic carbocycles. The van der Waals surface area contributed by atoms with E-state index in [-0.39, 0.29) is 30.2 Å². The van der Waals surface area contributed by atoms with Crippen molar-refractivity contribution in [2.75, 3.05) is 37.6 Å². The van der Waals surface area contributed by atoms with Gasteiger partial charge >= 0.3 is 0 Å². The minimum atomic E-state index is -0.301. The molecule has 160 valence electrons. The van der Waals surface area contributed by atoms with Crippen LogP contribution in [0, 0.1) is 17.2 Å². The Morgan fingerprint density at radius 1 is 1.06 bits per heavy atom. The van der Waals surface area contributed by atoms with Crippen LogP contribution < -0.4 is 4.90 Å². The van der Waals surface area contributed by atoms with E-state index in [0.29, 0.717) is 32.7 Å². The minimum absolute atomic E-state index is 0.0199. The van der Waals surface area contributed by atoms with Crippen molar-refractivity contribution in [1.29, 1.82) is 5.26 Å². The Kier molecular flexibility index (Phi) is 6.34. The molecule has 2 aromatic carbocycles. The van der Waals surface area contributed by atoms with E-state index in [1.807, 2.05) is 59.5 Å². The highest BCUT2D eigenvalue weighted by atomic mass is 16.2. The van der Waals surface area contributed by atoms with Gasteiger partial charge in [-0.25, -0.2) is 0 Å². The van der Waals surface area contributed by atoms with Crippen LogP contribution in [0.25, 0.3) is 0 Å². The van der Waals surface area contributed by atoms with Gasteiger partial charge in [-0.05, 0) is 23.6 Å². The van der Waals surface area contributed by atoms with Crippen LogP contribution in [-0.2, 0) is 16.0 Å². The fraction of sp³-hybridized carbons (Fsp3) is 0.400. The van der Waals surface area contributed by atoms with Gasteiger partial charge in [0.2, 0.25) is 11.8 Å². The van der Waals surface area contributed by atoms with E-state index >= 15 is 0 Å². The number of anilines is 1. The number of rotatable bonds is 5. The quantitative estimate of drug-likeness (QED) is 0.752. The van der Waals surface area contributed by atoms with Gasteiger partial charge in [-0.3, -0.25) is 14.5 Å². The van der Waals surface area contributed by atoms with Crippen LogP contribution in [0.1, 0.15) is 30.5 Å². The largest absolute Gasteiger partial charge is 0.340 e. The van der Waals surface area contributed by atoms with Crippen molar-refractivity contribution < 1.29 is 9.59 Å². The second-order valence-electron chi connectivity index (χ2n) is 8.19. The normalized spacial score (nSPS) is 20.5. The molecule has 2 aliphatic heterocycles. The minimum Gasteiger partial charge on any atom is -0.340 e. The van der Waals surface area contributed by atoms with Crippen molar-refractivity contribution in [2.24, 2.45) is 5.92 Å². The van der Waals surface area contributed by atoms with Gasteiger partial charge in [0.15, 0.2) is 0 Å². The summed E-state index contributed by atoms with van der Waals surface area (Å²) in [7, 11) is 0. The lowest BCUT2D eigenvalue weighted by molar-refractivity contribution is -0.137. The molecule has 2 amide bonds. The molecule has 6 heteroatoms. The molecule has 2 unspecified atom stereocenters. The predicted octanol–water partition coefficient (Wildman–Crippen LogP) is 3.01. The van der Waals surface area contributed by atoms with Gasteiger partial charge in [-0.2, -0.15) is 5.26 Å². The number of aryl methyl sites for hydroxylation is 1. The number of carbonyl (C=O) groups is 2. The first-order valence-corrected chi connectivity index (χ1v) is 11.0. The summed E-state index contributed by atoms with van der Waals surface area (Å²) >= 11 is 0. The maximum atomic E-state index is 13.2. The van der Waals surface area contributed by atoms with Crippen LogP contribution in [0.3, 0.4) is 0 Å². The molecule has 2 saturated heterocycles. The fourth-order valence-corrected chi connectivity index (χ4v) is 4.64. The van der Waals surface area contributed by atoms with Crippen LogP contribution in [0.4, 0.5) is 5.69 Å². The Bertz CT molecular complexity index is 977. The molecule has 6 nitrogen and oxygen atoms in total. The van der Waals surface area contributed by atoms with Gasteiger partial charge in [0.25, 0.3) is 0 Å².